The number of hydrazone groups is 1. The Labute approximate surface area is 86.6 Å². The van der Waals surface area contributed by atoms with Crippen molar-refractivity contribution in [2.75, 3.05) is 6.61 Å². The second-order valence-corrected chi connectivity index (χ2v) is 3.45. The molecule has 0 spiro atoms. The first-order chi connectivity index (χ1) is 6.74. The molecule has 0 atom stereocenters. The van der Waals surface area contributed by atoms with E-state index in [9.17, 15) is 4.79 Å². The van der Waals surface area contributed by atoms with E-state index >= 15 is 0 Å². The van der Waals surface area contributed by atoms with Crippen LogP contribution < -0.4 is 5.43 Å². The van der Waals surface area contributed by atoms with E-state index in [0.29, 0.717) is 6.61 Å². The smallest absolute Gasteiger partial charge is 0.427 e. The van der Waals surface area contributed by atoms with Crippen molar-refractivity contribution in [3.05, 3.63) is 22.4 Å². The molecule has 0 bridgehead atoms. The molecule has 0 aliphatic heterocycles. The molecule has 76 valence electrons. The Morgan fingerprint density at radius 2 is 2.50 bits per heavy atom. The Kier molecular flexibility index (Phi) is 4.12. The molecule has 1 N–H and O–H groups in total. The monoisotopic (exact) mass is 212 g/mol. The molecule has 4 nitrogen and oxygen atoms in total. The average molecular weight is 212 g/mol. The molecule has 0 aromatic carbocycles. The zero-order chi connectivity index (χ0) is 10.4. The highest BCUT2D eigenvalue weighted by molar-refractivity contribution is 7.12. The van der Waals surface area contributed by atoms with Gasteiger partial charge >= 0.3 is 6.09 Å². The minimum Gasteiger partial charge on any atom is -0.449 e. The molecule has 1 amide bonds. The van der Waals surface area contributed by atoms with Gasteiger partial charge in [-0.1, -0.05) is 6.07 Å². The number of carbonyl (C=O) groups is 1. The number of nitrogens with one attached hydrogen (secondary N) is 1. The zero-order valence-corrected chi connectivity index (χ0v) is 8.93. The molecule has 1 aromatic heterocycles. The lowest BCUT2D eigenvalue weighted by molar-refractivity contribution is 0.152. The lowest BCUT2D eigenvalue weighted by atomic mass is 10.3. The van der Waals surface area contributed by atoms with Crippen molar-refractivity contribution in [3.8, 4) is 0 Å². The maximum atomic E-state index is 10.9. The zero-order valence-electron chi connectivity index (χ0n) is 8.11. The third-order valence-electron chi connectivity index (χ3n) is 1.47. The van der Waals surface area contributed by atoms with Crippen LogP contribution in [0.4, 0.5) is 4.79 Å². The number of hydrogen-bond acceptors (Lipinski definition) is 4. The topological polar surface area (TPSA) is 50.7 Å². The summed E-state index contributed by atoms with van der Waals surface area (Å²) in [5.74, 6) is 0. The van der Waals surface area contributed by atoms with Crippen LogP contribution >= 0.6 is 11.3 Å². The number of hydrogen-bond donors (Lipinski definition) is 1. The molecule has 0 unspecified atom stereocenters. The number of rotatable bonds is 3. The van der Waals surface area contributed by atoms with Crippen LogP contribution in [0.3, 0.4) is 0 Å². The third-order valence-corrected chi connectivity index (χ3v) is 2.45. The predicted molar refractivity (Wildman–Crippen MR) is 56.7 cm³/mol. The normalized spacial score (nSPS) is 11.1. The molecular weight excluding hydrogens is 200 g/mol. The summed E-state index contributed by atoms with van der Waals surface area (Å²) in [6.07, 6.45) is -0.525. The van der Waals surface area contributed by atoms with E-state index in [4.69, 9.17) is 0 Å². The van der Waals surface area contributed by atoms with Crippen molar-refractivity contribution in [1.82, 2.24) is 5.43 Å². The number of thiophene rings is 1. The molecule has 5 heteroatoms. The summed E-state index contributed by atoms with van der Waals surface area (Å²) in [4.78, 5) is 11.9. The molecule has 1 heterocycles. The fraction of sp³-hybridized carbons (Fsp3) is 0.333. The lowest BCUT2D eigenvalue weighted by Gasteiger charge is -2.00. The number of ether oxygens (including phenoxy) is 1. The molecule has 1 rings (SSSR count). The van der Waals surface area contributed by atoms with Crippen molar-refractivity contribution in [1.29, 1.82) is 0 Å². The van der Waals surface area contributed by atoms with E-state index in [2.05, 4.69) is 15.3 Å². The number of carbonyl (C=O) groups excluding carboxylic acids is 1. The SMILES string of the molecule is CCOC(=O)N/N=C(/C)c1cccs1. The van der Waals surface area contributed by atoms with Gasteiger partial charge in [-0.2, -0.15) is 5.10 Å². The molecule has 0 saturated carbocycles. The van der Waals surface area contributed by atoms with Crippen LogP contribution in [0.1, 0.15) is 18.7 Å². The largest absolute Gasteiger partial charge is 0.449 e. The summed E-state index contributed by atoms with van der Waals surface area (Å²) in [6.45, 7) is 3.92. The standard InChI is InChI=1S/C9H12N2O2S/c1-3-13-9(12)11-10-7(2)8-5-4-6-14-8/h4-6H,3H2,1-2H3,(H,11,12)/b10-7-. The maximum Gasteiger partial charge on any atom is 0.427 e. The third kappa shape index (κ3) is 3.18. The minimum absolute atomic E-state index is 0.347. The van der Waals surface area contributed by atoms with Gasteiger partial charge in [0.2, 0.25) is 0 Å². The van der Waals surface area contributed by atoms with Gasteiger partial charge in [-0.05, 0) is 25.3 Å². The second kappa shape index (κ2) is 5.39. The Morgan fingerprint density at radius 3 is 3.07 bits per heavy atom. The summed E-state index contributed by atoms with van der Waals surface area (Å²) in [5, 5.41) is 5.84. The highest BCUT2D eigenvalue weighted by Gasteiger charge is 2.00. The molecular formula is C9H12N2O2S. The Hall–Kier alpha value is -1.36. The van der Waals surface area contributed by atoms with E-state index in [-0.39, 0.29) is 0 Å². The maximum absolute atomic E-state index is 10.9. The fourth-order valence-electron chi connectivity index (χ4n) is 0.832. The van der Waals surface area contributed by atoms with Crippen molar-refractivity contribution >= 4 is 23.1 Å². The number of amides is 1. The Balaban J connectivity index is 2.49. The second-order valence-electron chi connectivity index (χ2n) is 2.51. The molecule has 1 aromatic rings. The van der Waals surface area contributed by atoms with Gasteiger partial charge in [0.05, 0.1) is 12.3 Å². The van der Waals surface area contributed by atoms with E-state index in [1.807, 2.05) is 24.4 Å². The molecule has 0 aliphatic carbocycles. The van der Waals surface area contributed by atoms with Crippen molar-refractivity contribution in [3.63, 3.8) is 0 Å². The van der Waals surface area contributed by atoms with Gasteiger partial charge in [-0.3, -0.25) is 0 Å². The molecule has 0 fully saturated rings. The molecule has 0 radical (unpaired) electrons. The summed E-state index contributed by atoms with van der Waals surface area (Å²) in [7, 11) is 0. The molecule has 0 aliphatic rings. The minimum atomic E-state index is -0.525. The van der Waals surface area contributed by atoms with E-state index in [1.165, 1.54) is 0 Å². The van der Waals surface area contributed by atoms with Crippen LogP contribution in [0.5, 0.6) is 0 Å². The predicted octanol–water partition coefficient (Wildman–Crippen LogP) is 2.22. The Morgan fingerprint density at radius 1 is 1.71 bits per heavy atom. The van der Waals surface area contributed by atoms with Gasteiger partial charge in [0.15, 0.2) is 0 Å². The van der Waals surface area contributed by atoms with E-state index in [1.54, 1.807) is 18.3 Å². The van der Waals surface area contributed by atoms with Gasteiger partial charge in [-0.15, -0.1) is 11.3 Å². The average Bonchev–Trinajstić information content (AvgIpc) is 2.67. The lowest BCUT2D eigenvalue weighted by Crippen LogP contribution is -2.20. The van der Waals surface area contributed by atoms with E-state index in [0.717, 1.165) is 10.6 Å². The van der Waals surface area contributed by atoms with Crippen molar-refractivity contribution < 1.29 is 9.53 Å². The van der Waals surface area contributed by atoms with Crippen LogP contribution in [0.2, 0.25) is 0 Å². The summed E-state index contributed by atoms with van der Waals surface area (Å²) >= 11 is 1.57. The van der Waals surface area contributed by atoms with Crippen LogP contribution in [-0.2, 0) is 4.74 Å². The van der Waals surface area contributed by atoms with Crippen LogP contribution in [-0.4, -0.2) is 18.4 Å². The molecule has 14 heavy (non-hydrogen) atoms. The highest BCUT2D eigenvalue weighted by Crippen LogP contribution is 2.09. The summed E-state index contributed by atoms with van der Waals surface area (Å²) in [5.41, 5.74) is 3.08. The summed E-state index contributed by atoms with van der Waals surface area (Å²) < 4.78 is 4.66. The Bertz CT molecular complexity index is 320. The van der Waals surface area contributed by atoms with Gasteiger partial charge in [0, 0.05) is 4.88 Å². The first-order valence-electron chi connectivity index (χ1n) is 4.25. The van der Waals surface area contributed by atoms with Crippen LogP contribution in [0.15, 0.2) is 22.6 Å². The van der Waals surface area contributed by atoms with Crippen LogP contribution in [0.25, 0.3) is 0 Å². The van der Waals surface area contributed by atoms with Crippen molar-refractivity contribution in [2.45, 2.75) is 13.8 Å². The van der Waals surface area contributed by atoms with E-state index < -0.39 is 6.09 Å². The highest BCUT2D eigenvalue weighted by atomic mass is 32.1. The summed E-state index contributed by atoms with van der Waals surface area (Å²) in [6, 6.07) is 3.87. The number of nitrogens with zero attached hydrogens (tertiary/aromatic N) is 1. The van der Waals surface area contributed by atoms with Crippen molar-refractivity contribution in [2.24, 2.45) is 5.10 Å². The van der Waals surface area contributed by atoms with Crippen LogP contribution in [0, 0.1) is 0 Å². The van der Waals surface area contributed by atoms with Gasteiger partial charge in [0.25, 0.3) is 0 Å². The quantitative estimate of drug-likeness (QED) is 0.617. The van der Waals surface area contributed by atoms with Gasteiger partial charge in [0.1, 0.15) is 0 Å². The first kappa shape index (κ1) is 10.7. The van der Waals surface area contributed by atoms with Gasteiger partial charge < -0.3 is 4.74 Å². The fourth-order valence-corrected chi connectivity index (χ4v) is 1.51. The molecule has 0 saturated heterocycles. The first-order valence-corrected chi connectivity index (χ1v) is 5.13. The van der Waals surface area contributed by atoms with Gasteiger partial charge in [-0.25, -0.2) is 10.2 Å².